The number of carbonyl (C=O) groups excluding carboxylic acids is 2. The molecule has 1 aliphatic heterocycles. The van der Waals surface area contributed by atoms with Gasteiger partial charge in [0.25, 0.3) is 11.1 Å². The minimum absolute atomic E-state index is 0.212. The van der Waals surface area contributed by atoms with Gasteiger partial charge >= 0.3 is 0 Å². The van der Waals surface area contributed by atoms with Gasteiger partial charge in [-0.2, -0.15) is 0 Å². The van der Waals surface area contributed by atoms with Gasteiger partial charge in [-0.1, -0.05) is 58.4 Å². The number of halogens is 2. The van der Waals surface area contributed by atoms with Crippen LogP contribution < -0.4 is 4.74 Å². The Bertz CT molecular complexity index is 1160. The first-order chi connectivity index (χ1) is 15.0. The molecule has 31 heavy (non-hydrogen) atoms. The Morgan fingerprint density at radius 1 is 0.968 bits per heavy atom. The maximum Gasteiger partial charge on any atom is 0.293 e. The van der Waals surface area contributed by atoms with Gasteiger partial charge < -0.3 is 4.74 Å². The highest BCUT2D eigenvalue weighted by atomic mass is 79.9. The topological polar surface area (TPSA) is 46.6 Å². The van der Waals surface area contributed by atoms with Crippen molar-refractivity contribution in [1.82, 2.24) is 4.90 Å². The summed E-state index contributed by atoms with van der Waals surface area (Å²) in [4.78, 5) is 26.9. The van der Waals surface area contributed by atoms with Crippen LogP contribution >= 0.6 is 27.7 Å². The summed E-state index contributed by atoms with van der Waals surface area (Å²) >= 11 is 4.32. The van der Waals surface area contributed by atoms with E-state index >= 15 is 0 Å². The molecule has 0 radical (unpaired) electrons. The van der Waals surface area contributed by atoms with Crippen LogP contribution in [0.15, 0.2) is 82.2 Å². The largest absolute Gasteiger partial charge is 0.488 e. The Balaban J connectivity index is 1.51. The SMILES string of the molecule is O=C1S/C(=C\c2ccccc2OCc2ccc(F)cc2)C(=O)N1Cc1cccc(Br)c1. The zero-order valence-corrected chi connectivity index (χ0v) is 18.7. The van der Waals surface area contributed by atoms with E-state index in [4.69, 9.17) is 4.74 Å². The fourth-order valence-corrected chi connectivity index (χ4v) is 4.34. The number of amides is 2. The smallest absolute Gasteiger partial charge is 0.293 e. The van der Waals surface area contributed by atoms with Crippen LogP contribution in [0, 0.1) is 5.82 Å². The summed E-state index contributed by atoms with van der Waals surface area (Å²) in [5.41, 5.74) is 2.38. The molecule has 0 aliphatic carbocycles. The summed E-state index contributed by atoms with van der Waals surface area (Å²) < 4.78 is 19.9. The van der Waals surface area contributed by atoms with E-state index in [0.29, 0.717) is 16.2 Å². The van der Waals surface area contributed by atoms with Crippen molar-refractivity contribution in [2.24, 2.45) is 0 Å². The van der Waals surface area contributed by atoms with E-state index in [0.717, 1.165) is 27.4 Å². The highest BCUT2D eigenvalue weighted by Gasteiger charge is 2.35. The average molecular weight is 498 g/mol. The molecule has 1 aliphatic rings. The Kier molecular flexibility index (Phi) is 6.53. The van der Waals surface area contributed by atoms with E-state index in [1.165, 1.54) is 17.0 Å². The second-order valence-corrected chi connectivity index (χ2v) is 8.76. The fraction of sp³-hybridized carbons (Fsp3) is 0.0833. The molecule has 3 aromatic carbocycles. The van der Waals surface area contributed by atoms with E-state index in [9.17, 15) is 14.0 Å². The van der Waals surface area contributed by atoms with Crippen molar-refractivity contribution in [3.8, 4) is 5.75 Å². The third kappa shape index (κ3) is 5.24. The lowest BCUT2D eigenvalue weighted by Gasteiger charge is -2.12. The first-order valence-corrected chi connectivity index (χ1v) is 11.1. The van der Waals surface area contributed by atoms with Crippen molar-refractivity contribution in [2.45, 2.75) is 13.2 Å². The van der Waals surface area contributed by atoms with Crippen molar-refractivity contribution in [3.05, 3.63) is 105 Å². The predicted molar refractivity (Wildman–Crippen MR) is 123 cm³/mol. The molecule has 0 saturated carbocycles. The van der Waals surface area contributed by atoms with Crippen molar-refractivity contribution < 1.29 is 18.7 Å². The Hall–Kier alpha value is -2.90. The van der Waals surface area contributed by atoms with E-state index in [1.54, 1.807) is 24.3 Å². The van der Waals surface area contributed by atoms with Gasteiger partial charge in [0, 0.05) is 10.0 Å². The highest BCUT2D eigenvalue weighted by Crippen LogP contribution is 2.35. The number of rotatable bonds is 6. The molecule has 1 saturated heterocycles. The van der Waals surface area contributed by atoms with Crippen molar-refractivity contribution in [3.63, 3.8) is 0 Å². The monoisotopic (exact) mass is 497 g/mol. The molecule has 1 heterocycles. The molecular weight excluding hydrogens is 481 g/mol. The van der Waals surface area contributed by atoms with Crippen molar-refractivity contribution in [2.75, 3.05) is 0 Å². The lowest BCUT2D eigenvalue weighted by atomic mass is 10.1. The number of carbonyl (C=O) groups is 2. The molecule has 0 unspecified atom stereocenters. The summed E-state index contributed by atoms with van der Waals surface area (Å²) in [5, 5.41) is -0.305. The average Bonchev–Trinajstić information content (AvgIpc) is 3.02. The third-order valence-electron chi connectivity index (χ3n) is 4.62. The fourth-order valence-electron chi connectivity index (χ4n) is 3.07. The third-order valence-corrected chi connectivity index (χ3v) is 6.02. The van der Waals surface area contributed by atoms with Gasteiger partial charge in [0.15, 0.2) is 0 Å². The van der Waals surface area contributed by atoms with Crippen LogP contribution in [-0.2, 0) is 17.9 Å². The minimum Gasteiger partial charge on any atom is -0.488 e. The van der Waals surface area contributed by atoms with Crippen LogP contribution in [0.4, 0.5) is 9.18 Å². The van der Waals surface area contributed by atoms with Crippen LogP contribution in [0.25, 0.3) is 6.08 Å². The second-order valence-electron chi connectivity index (χ2n) is 6.85. The summed E-state index contributed by atoms with van der Waals surface area (Å²) in [5.74, 6) is -0.0586. The number of para-hydroxylation sites is 1. The van der Waals surface area contributed by atoms with Crippen molar-refractivity contribution in [1.29, 1.82) is 0 Å². The van der Waals surface area contributed by atoms with Gasteiger partial charge in [-0.15, -0.1) is 0 Å². The molecule has 4 rings (SSSR count). The minimum atomic E-state index is -0.330. The molecule has 0 atom stereocenters. The van der Waals surface area contributed by atoms with Crippen LogP contribution in [0.3, 0.4) is 0 Å². The van der Waals surface area contributed by atoms with E-state index in [-0.39, 0.29) is 30.1 Å². The maximum atomic E-state index is 13.1. The molecule has 2 amide bonds. The first kappa shape index (κ1) is 21.3. The standard InChI is InChI=1S/C24H17BrFNO3S/c25-19-6-3-4-17(12-19)14-27-23(28)22(31-24(27)29)13-18-5-1-2-7-21(18)30-15-16-8-10-20(26)11-9-16/h1-13H,14-15H2/b22-13-. The quantitative estimate of drug-likeness (QED) is 0.369. The van der Waals surface area contributed by atoms with Crippen LogP contribution in [0.1, 0.15) is 16.7 Å². The second kappa shape index (κ2) is 9.49. The van der Waals surface area contributed by atoms with E-state index < -0.39 is 0 Å². The molecule has 0 N–H and O–H groups in total. The van der Waals surface area contributed by atoms with Gasteiger partial charge in [-0.05, 0) is 59.3 Å². The zero-order valence-electron chi connectivity index (χ0n) is 16.3. The zero-order chi connectivity index (χ0) is 21.8. The molecule has 0 bridgehead atoms. The summed E-state index contributed by atoms with van der Waals surface area (Å²) in [6.45, 7) is 0.472. The van der Waals surface area contributed by atoms with Gasteiger partial charge in [-0.25, -0.2) is 4.39 Å². The molecule has 0 aromatic heterocycles. The molecule has 1 fully saturated rings. The summed E-state index contributed by atoms with van der Waals surface area (Å²) in [7, 11) is 0. The Morgan fingerprint density at radius 2 is 1.74 bits per heavy atom. The number of hydrogen-bond acceptors (Lipinski definition) is 4. The first-order valence-electron chi connectivity index (χ1n) is 9.46. The summed E-state index contributed by atoms with van der Waals surface area (Å²) in [6, 6.07) is 20.9. The van der Waals surface area contributed by atoms with Gasteiger partial charge in [0.1, 0.15) is 18.2 Å². The number of ether oxygens (including phenoxy) is 1. The lowest BCUT2D eigenvalue weighted by Crippen LogP contribution is -2.27. The molecule has 156 valence electrons. The predicted octanol–water partition coefficient (Wildman–Crippen LogP) is 6.40. The molecule has 7 heteroatoms. The van der Waals surface area contributed by atoms with Crippen LogP contribution in [0.2, 0.25) is 0 Å². The van der Waals surface area contributed by atoms with Crippen LogP contribution in [-0.4, -0.2) is 16.0 Å². The van der Waals surface area contributed by atoms with Crippen molar-refractivity contribution >= 4 is 44.9 Å². The number of hydrogen-bond donors (Lipinski definition) is 0. The van der Waals surface area contributed by atoms with E-state index in [1.807, 2.05) is 42.5 Å². The number of thioether (sulfide) groups is 1. The van der Waals surface area contributed by atoms with Gasteiger partial charge in [0.05, 0.1) is 11.4 Å². The van der Waals surface area contributed by atoms with E-state index in [2.05, 4.69) is 15.9 Å². The highest BCUT2D eigenvalue weighted by molar-refractivity contribution is 9.10. The lowest BCUT2D eigenvalue weighted by molar-refractivity contribution is -0.123. The molecule has 3 aromatic rings. The number of imide groups is 1. The molecule has 4 nitrogen and oxygen atoms in total. The number of nitrogens with zero attached hydrogens (tertiary/aromatic N) is 1. The molecular formula is C24H17BrFNO3S. The van der Waals surface area contributed by atoms with Gasteiger partial charge in [0.2, 0.25) is 0 Å². The normalized spacial score (nSPS) is 15.0. The van der Waals surface area contributed by atoms with Crippen LogP contribution in [0.5, 0.6) is 5.75 Å². The Morgan fingerprint density at radius 3 is 2.52 bits per heavy atom. The molecule has 0 spiro atoms. The Labute approximate surface area is 191 Å². The van der Waals surface area contributed by atoms with Gasteiger partial charge in [-0.3, -0.25) is 14.5 Å². The maximum absolute atomic E-state index is 13.1. The number of benzene rings is 3. The summed E-state index contributed by atoms with van der Waals surface area (Å²) in [6.07, 6.45) is 1.67.